The molecule has 0 spiro atoms. The van der Waals surface area contributed by atoms with E-state index in [-0.39, 0.29) is 37.7 Å². The largest absolute Gasteiger partial charge is 0.497 e. The monoisotopic (exact) mass is 491 g/mol. The van der Waals surface area contributed by atoms with Crippen molar-refractivity contribution in [3.63, 3.8) is 0 Å². The van der Waals surface area contributed by atoms with E-state index >= 15 is 0 Å². The van der Waals surface area contributed by atoms with Crippen LogP contribution in [0.2, 0.25) is 0 Å². The molecular formula is C24H33N3O6S. The van der Waals surface area contributed by atoms with Gasteiger partial charge < -0.3 is 19.7 Å². The van der Waals surface area contributed by atoms with Crippen molar-refractivity contribution in [2.45, 2.75) is 32.4 Å². The van der Waals surface area contributed by atoms with E-state index in [2.05, 4.69) is 5.32 Å². The molecule has 0 aliphatic rings. The molecular weight excluding hydrogens is 458 g/mol. The molecule has 9 nitrogen and oxygen atoms in total. The van der Waals surface area contributed by atoms with E-state index in [1.54, 1.807) is 50.4 Å². The number of hydrogen-bond acceptors (Lipinski definition) is 6. The summed E-state index contributed by atoms with van der Waals surface area (Å²) >= 11 is 0. The van der Waals surface area contributed by atoms with Gasteiger partial charge in [0.1, 0.15) is 17.5 Å². The van der Waals surface area contributed by atoms with Crippen LogP contribution in [-0.4, -0.2) is 65.2 Å². The van der Waals surface area contributed by atoms with Crippen molar-refractivity contribution in [3.8, 4) is 11.5 Å². The predicted octanol–water partition coefficient (Wildman–Crippen LogP) is 2.41. The fraction of sp³-hybridized carbons (Fsp3) is 0.417. The SMILES string of the molecule is CNC(=O)C(C)N(Cc1ccc(OC)cc1)C(=O)CCCN(c1ccc(OC)cc1)S(C)(=O)=O. The number of anilines is 1. The van der Waals surface area contributed by atoms with E-state index in [9.17, 15) is 18.0 Å². The zero-order valence-corrected chi connectivity index (χ0v) is 21.1. The summed E-state index contributed by atoms with van der Waals surface area (Å²) in [6.07, 6.45) is 1.50. The average Bonchev–Trinajstić information content (AvgIpc) is 2.83. The third-order valence-electron chi connectivity index (χ3n) is 5.44. The topological polar surface area (TPSA) is 105 Å². The maximum atomic E-state index is 13.1. The van der Waals surface area contributed by atoms with Crippen molar-refractivity contribution >= 4 is 27.5 Å². The van der Waals surface area contributed by atoms with Crippen molar-refractivity contribution in [3.05, 3.63) is 54.1 Å². The number of benzene rings is 2. The summed E-state index contributed by atoms with van der Waals surface area (Å²) in [4.78, 5) is 26.9. The smallest absolute Gasteiger partial charge is 0.242 e. The van der Waals surface area contributed by atoms with Crippen LogP contribution in [0.4, 0.5) is 5.69 Å². The number of methoxy groups -OCH3 is 2. The normalized spacial score (nSPS) is 11.9. The van der Waals surface area contributed by atoms with Gasteiger partial charge in [-0.3, -0.25) is 13.9 Å². The van der Waals surface area contributed by atoms with Gasteiger partial charge in [-0.15, -0.1) is 0 Å². The zero-order valence-electron chi connectivity index (χ0n) is 20.3. The Hall–Kier alpha value is -3.27. The van der Waals surface area contributed by atoms with Crippen LogP contribution in [0.1, 0.15) is 25.3 Å². The van der Waals surface area contributed by atoms with Gasteiger partial charge in [0.2, 0.25) is 21.8 Å². The Labute approximate surface area is 201 Å². The second-order valence-corrected chi connectivity index (χ2v) is 9.70. The Bertz CT molecular complexity index is 1060. The minimum absolute atomic E-state index is 0.0830. The van der Waals surface area contributed by atoms with Crippen LogP contribution in [-0.2, 0) is 26.2 Å². The lowest BCUT2D eigenvalue weighted by Gasteiger charge is -2.29. The molecule has 0 aliphatic carbocycles. The number of sulfonamides is 1. The summed E-state index contributed by atoms with van der Waals surface area (Å²) in [5.41, 5.74) is 1.34. The summed E-state index contributed by atoms with van der Waals surface area (Å²) < 4.78 is 36.3. The first-order valence-electron chi connectivity index (χ1n) is 10.9. The average molecular weight is 492 g/mol. The van der Waals surface area contributed by atoms with Gasteiger partial charge in [-0.25, -0.2) is 8.42 Å². The molecule has 0 fully saturated rings. The number of carbonyl (C=O) groups excluding carboxylic acids is 2. The number of carbonyl (C=O) groups is 2. The number of nitrogens with one attached hydrogen (secondary N) is 1. The Balaban J connectivity index is 2.13. The summed E-state index contributed by atoms with van der Waals surface area (Å²) in [6, 6.07) is 13.3. The first-order chi connectivity index (χ1) is 16.1. The van der Waals surface area contributed by atoms with Gasteiger partial charge >= 0.3 is 0 Å². The number of ether oxygens (including phenoxy) is 2. The minimum Gasteiger partial charge on any atom is -0.497 e. The van der Waals surface area contributed by atoms with Crippen molar-refractivity contribution < 1.29 is 27.5 Å². The molecule has 0 heterocycles. The molecule has 186 valence electrons. The van der Waals surface area contributed by atoms with E-state index < -0.39 is 16.1 Å². The summed E-state index contributed by atoms with van der Waals surface area (Å²) in [7, 11) is 1.08. The summed E-state index contributed by atoms with van der Waals surface area (Å²) in [6.45, 7) is 2.04. The van der Waals surface area contributed by atoms with Gasteiger partial charge in [-0.1, -0.05) is 12.1 Å². The van der Waals surface area contributed by atoms with E-state index in [4.69, 9.17) is 9.47 Å². The molecule has 0 radical (unpaired) electrons. The van der Waals surface area contributed by atoms with Gasteiger partial charge in [-0.05, 0) is 55.3 Å². The minimum atomic E-state index is -3.55. The molecule has 0 saturated carbocycles. The van der Waals surface area contributed by atoms with Crippen LogP contribution in [0.5, 0.6) is 11.5 Å². The van der Waals surface area contributed by atoms with Crippen molar-refractivity contribution in [1.29, 1.82) is 0 Å². The van der Waals surface area contributed by atoms with E-state index in [1.807, 2.05) is 12.1 Å². The Morgan fingerprint density at radius 2 is 1.50 bits per heavy atom. The third kappa shape index (κ3) is 7.38. The first kappa shape index (κ1) is 27.0. The lowest BCUT2D eigenvalue weighted by atomic mass is 10.1. The van der Waals surface area contributed by atoms with E-state index in [0.29, 0.717) is 17.2 Å². The molecule has 1 unspecified atom stereocenters. The van der Waals surface area contributed by atoms with Crippen LogP contribution in [0.3, 0.4) is 0 Å². The molecule has 1 atom stereocenters. The van der Waals surface area contributed by atoms with Gasteiger partial charge in [0, 0.05) is 26.6 Å². The van der Waals surface area contributed by atoms with Crippen molar-refractivity contribution in [2.75, 3.05) is 38.4 Å². The van der Waals surface area contributed by atoms with Gasteiger partial charge in [0.05, 0.1) is 26.2 Å². The number of amides is 2. The first-order valence-corrected chi connectivity index (χ1v) is 12.7. The maximum Gasteiger partial charge on any atom is 0.242 e. The standard InChI is InChI=1S/C24H33N3O6S/c1-18(24(29)25-2)26(17-19-8-12-21(32-3)13-9-19)23(28)7-6-16-27(34(5,30)31)20-10-14-22(33-4)15-11-20/h8-15,18H,6-7,16-17H2,1-5H3,(H,25,29). The molecule has 0 saturated heterocycles. The summed E-state index contributed by atoms with van der Waals surface area (Å²) in [5.74, 6) is 0.790. The van der Waals surface area contributed by atoms with E-state index in [1.165, 1.54) is 23.4 Å². The number of nitrogens with zero attached hydrogens (tertiary/aromatic N) is 2. The second kappa shape index (κ2) is 12.3. The van der Waals surface area contributed by atoms with Crippen LogP contribution in [0.25, 0.3) is 0 Å². The predicted molar refractivity (Wildman–Crippen MR) is 131 cm³/mol. The molecule has 1 N–H and O–H groups in total. The number of likely N-dealkylation sites (N-methyl/N-ethyl adjacent to an activating group) is 1. The highest BCUT2D eigenvalue weighted by Crippen LogP contribution is 2.22. The molecule has 34 heavy (non-hydrogen) atoms. The Morgan fingerprint density at radius 3 is 1.97 bits per heavy atom. The quantitative estimate of drug-likeness (QED) is 0.489. The molecule has 0 aromatic heterocycles. The molecule has 2 aromatic carbocycles. The highest BCUT2D eigenvalue weighted by molar-refractivity contribution is 7.92. The van der Waals surface area contributed by atoms with E-state index in [0.717, 1.165) is 11.8 Å². The lowest BCUT2D eigenvalue weighted by molar-refractivity contribution is -0.140. The molecule has 0 bridgehead atoms. The third-order valence-corrected chi connectivity index (χ3v) is 6.63. The zero-order chi connectivity index (χ0) is 25.3. The summed E-state index contributed by atoms with van der Waals surface area (Å²) in [5, 5.41) is 2.58. The molecule has 10 heteroatoms. The second-order valence-electron chi connectivity index (χ2n) is 7.80. The van der Waals surface area contributed by atoms with Crippen LogP contribution in [0, 0.1) is 0 Å². The van der Waals surface area contributed by atoms with Crippen molar-refractivity contribution in [2.24, 2.45) is 0 Å². The van der Waals surface area contributed by atoms with Crippen LogP contribution >= 0.6 is 0 Å². The molecule has 0 aliphatic heterocycles. The van der Waals surface area contributed by atoms with Gasteiger partial charge in [-0.2, -0.15) is 0 Å². The molecule has 2 rings (SSSR count). The number of hydrogen-bond donors (Lipinski definition) is 1. The Kier molecular flexibility index (Phi) is 9.73. The lowest BCUT2D eigenvalue weighted by Crippen LogP contribution is -2.46. The molecule has 2 amide bonds. The van der Waals surface area contributed by atoms with Gasteiger partial charge in [0.15, 0.2) is 0 Å². The highest BCUT2D eigenvalue weighted by atomic mass is 32.2. The van der Waals surface area contributed by atoms with Gasteiger partial charge in [0.25, 0.3) is 0 Å². The van der Waals surface area contributed by atoms with Crippen molar-refractivity contribution in [1.82, 2.24) is 10.2 Å². The van der Waals surface area contributed by atoms with Crippen LogP contribution in [0.15, 0.2) is 48.5 Å². The van der Waals surface area contributed by atoms with Crippen LogP contribution < -0.4 is 19.1 Å². The maximum absolute atomic E-state index is 13.1. The highest BCUT2D eigenvalue weighted by Gasteiger charge is 2.26. The Morgan fingerprint density at radius 1 is 0.971 bits per heavy atom. The number of rotatable bonds is 12. The fourth-order valence-corrected chi connectivity index (χ4v) is 4.44. The molecule has 2 aromatic rings. The fourth-order valence-electron chi connectivity index (χ4n) is 3.47.